The fourth-order valence-electron chi connectivity index (χ4n) is 1.24. The molecule has 0 aliphatic carbocycles. The van der Waals surface area contributed by atoms with Crippen molar-refractivity contribution in [1.29, 1.82) is 0 Å². The third-order valence-electron chi connectivity index (χ3n) is 2.20. The highest BCUT2D eigenvalue weighted by Gasteiger charge is 2.20. The van der Waals surface area contributed by atoms with E-state index in [1.165, 1.54) is 18.0 Å². The zero-order chi connectivity index (χ0) is 13.5. The maximum atomic E-state index is 11.8. The van der Waals surface area contributed by atoms with E-state index in [9.17, 15) is 9.59 Å². The zero-order valence-electron chi connectivity index (χ0n) is 9.72. The lowest BCUT2D eigenvalue weighted by molar-refractivity contribution is -0.139. The molecule has 18 heavy (non-hydrogen) atoms. The van der Waals surface area contributed by atoms with E-state index in [2.05, 4.69) is 26.2 Å². The van der Waals surface area contributed by atoms with Crippen LogP contribution in [0, 0.1) is 0 Å². The summed E-state index contributed by atoms with van der Waals surface area (Å²) in [5, 5.41) is 11.5. The molecular formula is C11H13BrN2O3S. The largest absolute Gasteiger partial charge is 0.480 e. The smallest absolute Gasteiger partial charge is 0.326 e. The van der Waals surface area contributed by atoms with Crippen molar-refractivity contribution in [2.75, 3.05) is 12.0 Å². The first-order valence-corrected chi connectivity index (χ1v) is 7.37. The summed E-state index contributed by atoms with van der Waals surface area (Å²) in [5.74, 6) is -0.776. The van der Waals surface area contributed by atoms with Crippen molar-refractivity contribution in [3.63, 3.8) is 0 Å². The van der Waals surface area contributed by atoms with Crippen molar-refractivity contribution in [2.45, 2.75) is 12.5 Å². The number of aromatic nitrogens is 1. The quantitative estimate of drug-likeness (QED) is 0.776. The number of hydrogen-bond donors (Lipinski definition) is 2. The van der Waals surface area contributed by atoms with Crippen LogP contribution < -0.4 is 5.32 Å². The minimum absolute atomic E-state index is 0.341. The number of hydrogen-bond acceptors (Lipinski definition) is 4. The Kier molecular flexibility index (Phi) is 6.14. The van der Waals surface area contributed by atoms with Gasteiger partial charge in [0.1, 0.15) is 10.6 Å². The van der Waals surface area contributed by atoms with Crippen molar-refractivity contribution in [2.24, 2.45) is 0 Å². The average molecular weight is 333 g/mol. The van der Waals surface area contributed by atoms with E-state index in [4.69, 9.17) is 5.11 Å². The molecule has 0 radical (unpaired) electrons. The summed E-state index contributed by atoms with van der Waals surface area (Å²) < 4.78 is 0.621. The molecule has 0 fully saturated rings. The number of carboxylic acids is 1. The highest BCUT2D eigenvalue weighted by atomic mass is 79.9. The third kappa shape index (κ3) is 4.66. The van der Waals surface area contributed by atoms with Crippen LogP contribution in [0.1, 0.15) is 16.8 Å². The van der Waals surface area contributed by atoms with Crippen LogP contribution in [0.2, 0.25) is 0 Å². The molecule has 0 saturated carbocycles. The Morgan fingerprint density at radius 1 is 1.56 bits per heavy atom. The Hall–Kier alpha value is -1.08. The number of thioether (sulfide) groups is 1. The molecule has 0 bridgehead atoms. The lowest BCUT2D eigenvalue weighted by Crippen LogP contribution is -2.41. The number of nitrogens with one attached hydrogen (secondary N) is 1. The minimum Gasteiger partial charge on any atom is -0.480 e. The standard InChI is InChI=1S/C11H13BrN2O3S/c1-18-5-4-8(11(16)17)14-10(15)7-2-3-9(12)13-6-7/h2-3,6,8H,4-5H2,1H3,(H,14,15)(H,16,17). The summed E-state index contributed by atoms with van der Waals surface area (Å²) >= 11 is 4.70. The third-order valence-corrected chi connectivity index (χ3v) is 3.32. The van der Waals surface area contributed by atoms with Gasteiger partial charge in [0.25, 0.3) is 5.91 Å². The van der Waals surface area contributed by atoms with Gasteiger partial charge in [-0.3, -0.25) is 4.79 Å². The van der Waals surface area contributed by atoms with Crippen molar-refractivity contribution in [3.8, 4) is 0 Å². The van der Waals surface area contributed by atoms with Gasteiger partial charge in [-0.15, -0.1) is 0 Å². The number of nitrogens with zero attached hydrogens (tertiary/aromatic N) is 1. The molecule has 0 aliphatic rings. The summed E-state index contributed by atoms with van der Waals surface area (Å²) in [6, 6.07) is 2.35. The average Bonchev–Trinajstić information content (AvgIpc) is 2.34. The van der Waals surface area contributed by atoms with Crippen LogP contribution in [0.4, 0.5) is 0 Å². The van der Waals surface area contributed by atoms with Crippen LogP contribution in [-0.4, -0.2) is 40.0 Å². The number of carbonyl (C=O) groups excluding carboxylic acids is 1. The Labute approximate surface area is 117 Å². The van der Waals surface area contributed by atoms with E-state index in [1.54, 1.807) is 12.1 Å². The Morgan fingerprint density at radius 3 is 2.78 bits per heavy atom. The fourth-order valence-corrected chi connectivity index (χ4v) is 1.95. The molecule has 1 aromatic heterocycles. The van der Waals surface area contributed by atoms with E-state index >= 15 is 0 Å². The number of aliphatic carboxylic acids is 1. The molecule has 0 spiro atoms. The van der Waals surface area contributed by atoms with Gasteiger partial charge in [-0.1, -0.05) is 0 Å². The van der Waals surface area contributed by atoms with E-state index < -0.39 is 17.9 Å². The van der Waals surface area contributed by atoms with Crippen molar-refractivity contribution < 1.29 is 14.7 Å². The molecule has 0 aliphatic heterocycles. The van der Waals surface area contributed by atoms with E-state index in [1.807, 2.05) is 6.26 Å². The van der Waals surface area contributed by atoms with Gasteiger partial charge >= 0.3 is 5.97 Å². The molecule has 1 amide bonds. The fraction of sp³-hybridized carbons (Fsp3) is 0.364. The summed E-state index contributed by atoms with van der Waals surface area (Å²) in [4.78, 5) is 26.7. The van der Waals surface area contributed by atoms with Crippen LogP contribution in [-0.2, 0) is 4.79 Å². The Bertz CT molecular complexity index is 425. The summed E-state index contributed by atoms with van der Waals surface area (Å²) in [7, 11) is 0. The molecular weight excluding hydrogens is 320 g/mol. The lowest BCUT2D eigenvalue weighted by atomic mass is 10.2. The van der Waals surface area contributed by atoms with Crippen LogP contribution >= 0.6 is 27.7 Å². The second kappa shape index (κ2) is 7.38. The van der Waals surface area contributed by atoms with Gasteiger partial charge in [0.15, 0.2) is 0 Å². The number of amides is 1. The molecule has 0 aromatic carbocycles. The Balaban J connectivity index is 2.66. The van der Waals surface area contributed by atoms with Gasteiger partial charge in [0, 0.05) is 6.20 Å². The van der Waals surface area contributed by atoms with Gasteiger partial charge in [0.2, 0.25) is 0 Å². The minimum atomic E-state index is -1.03. The molecule has 1 unspecified atom stereocenters. The van der Waals surface area contributed by atoms with E-state index in [0.29, 0.717) is 22.3 Å². The predicted molar refractivity (Wildman–Crippen MR) is 73.8 cm³/mol. The first-order chi connectivity index (χ1) is 8.54. The number of rotatable bonds is 6. The van der Waals surface area contributed by atoms with Gasteiger partial charge < -0.3 is 10.4 Å². The number of pyridine rings is 1. The highest BCUT2D eigenvalue weighted by molar-refractivity contribution is 9.10. The molecule has 1 atom stereocenters. The van der Waals surface area contributed by atoms with Gasteiger partial charge in [-0.25, -0.2) is 9.78 Å². The SMILES string of the molecule is CSCCC(NC(=O)c1ccc(Br)nc1)C(=O)O. The maximum Gasteiger partial charge on any atom is 0.326 e. The van der Waals surface area contributed by atoms with E-state index in [-0.39, 0.29) is 0 Å². The molecule has 1 rings (SSSR count). The van der Waals surface area contributed by atoms with Crippen LogP contribution in [0.25, 0.3) is 0 Å². The molecule has 1 heterocycles. The molecule has 5 nitrogen and oxygen atoms in total. The maximum absolute atomic E-state index is 11.8. The summed E-state index contributed by atoms with van der Waals surface area (Å²) in [6.07, 6.45) is 3.68. The first kappa shape index (κ1) is 15.0. The zero-order valence-corrected chi connectivity index (χ0v) is 12.1. The number of carboxylic acid groups (broad SMARTS) is 1. The summed E-state index contributed by atoms with van der Waals surface area (Å²) in [5.41, 5.74) is 0.341. The molecule has 1 aromatic rings. The van der Waals surface area contributed by atoms with Gasteiger partial charge in [-0.2, -0.15) is 11.8 Å². The highest BCUT2D eigenvalue weighted by Crippen LogP contribution is 2.07. The lowest BCUT2D eigenvalue weighted by Gasteiger charge is -2.13. The topological polar surface area (TPSA) is 79.3 Å². The monoisotopic (exact) mass is 332 g/mol. The Morgan fingerprint density at radius 2 is 2.28 bits per heavy atom. The van der Waals surface area contributed by atoms with Crippen molar-refractivity contribution in [3.05, 3.63) is 28.5 Å². The number of halogens is 1. The van der Waals surface area contributed by atoms with Crippen LogP contribution in [0.3, 0.4) is 0 Å². The second-order valence-corrected chi connectivity index (χ2v) is 5.31. The van der Waals surface area contributed by atoms with Gasteiger partial charge in [-0.05, 0) is 46.5 Å². The normalized spacial score (nSPS) is 11.9. The van der Waals surface area contributed by atoms with Crippen molar-refractivity contribution >= 4 is 39.6 Å². The van der Waals surface area contributed by atoms with E-state index in [0.717, 1.165) is 0 Å². The van der Waals surface area contributed by atoms with Crippen LogP contribution in [0.15, 0.2) is 22.9 Å². The number of carbonyl (C=O) groups is 2. The summed E-state index contributed by atoms with van der Waals surface area (Å²) in [6.45, 7) is 0. The molecule has 7 heteroatoms. The van der Waals surface area contributed by atoms with Crippen LogP contribution in [0.5, 0.6) is 0 Å². The molecule has 0 saturated heterocycles. The van der Waals surface area contributed by atoms with Crippen molar-refractivity contribution in [1.82, 2.24) is 10.3 Å². The van der Waals surface area contributed by atoms with Gasteiger partial charge in [0.05, 0.1) is 5.56 Å². The molecule has 98 valence electrons. The second-order valence-electron chi connectivity index (χ2n) is 3.52. The predicted octanol–water partition coefficient (Wildman–Crippen LogP) is 1.78. The molecule has 2 N–H and O–H groups in total. The first-order valence-electron chi connectivity index (χ1n) is 5.18.